The Morgan fingerprint density at radius 3 is 2.88 bits per heavy atom. The van der Waals surface area contributed by atoms with Crippen molar-refractivity contribution in [3.63, 3.8) is 0 Å². The predicted octanol–water partition coefficient (Wildman–Crippen LogP) is 4.14. The molecule has 0 spiro atoms. The van der Waals surface area contributed by atoms with Crippen LogP contribution in [0.1, 0.15) is 43.7 Å². The zero-order valence-electron chi connectivity index (χ0n) is 20.4. The van der Waals surface area contributed by atoms with Gasteiger partial charge in [0.2, 0.25) is 5.91 Å². The van der Waals surface area contributed by atoms with Crippen LogP contribution in [0.25, 0.3) is 0 Å². The van der Waals surface area contributed by atoms with E-state index in [-0.39, 0.29) is 37.5 Å². The molecule has 1 aliphatic heterocycles. The van der Waals surface area contributed by atoms with Crippen molar-refractivity contribution >= 4 is 17.2 Å². The van der Waals surface area contributed by atoms with E-state index in [0.29, 0.717) is 31.4 Å². The van der Waals surface area contributed by atoms with E-state index >= 15 is 0 Å². The van der Waals surface area contributed by atoms with Gasteiger partial charge in [-0.2, -0.15) is 0 Å². The van der Waals surface area contributed by atoms with Gasteiger partial charge in [0, 0.05) is 30.6 Å². The molecule has 6 nitrogen and oxygen atoms in total. The number of ether oxygens (including phenoxy) is 2. The van der Waals surface area contributed by atoms with Crippen molar-refractivity contribution < 1.29 is 23.8 Å². The standard InChI is InChI=1S/C26H37FN2O4S/c1-4-10-28(14-21(30)17-32-16-19(2)3)15-26(31)29-11-8-25-23(9-12-34-25)24(29)18-33-22-7-5-6-20(27)13-22/h5-7,9,12-13,19,21,24,30H,4,8,10-11,14-18H2,1-3H3/t21-,24-/m1/s1. The summed E-state index contributed by atoms with van der Waals surface area (Å²) in [7, 11) is 0. The van der Waals surface area contributed by atoms with Crippen LogP contribution in [0, 0.1) is 11.7 Å². The van der Waals surface area contributed by atoms with E-state index in [9.17, 15) is 14.3 Å². The second-order valence-electron chi connectivity index (χ2n) is 9.24. The highest BCUT2D eigenvalue weighted by Gasteiger charge is 2.33. The molecular weight excluding hydrogens is 455 g/mol. The molecule has 0 unspecified atom stereocenters. The van der Waals surface area contributed by atoms with Crippen molar-refractivity contribution in [2.75, 3.05) is 46.0 Å². The topological polar surface area (TPSA) is 62.2 Å². The van der Waals surface area contributed by atoms with Gasteiger partial charge in [-0.25, -0.2) is 4.39 Å². The van der Waals surface area contributed by atoms with Crippen molar-refractivity contribution in [3.8, 4) is 5.75 Å². The minimum Gasteiger partial charge on any atom is -0.491 e. The van der Waals surface area contributed by atoms with Crippen LogP contribution in [0.15, 0.2) is 35.7 Å². The maximum absolute atomic E-state index is 13.6. The molecule has 1 amide bonds. The minimum atomic E-state index is -0.643. The molecule has 2 aromatic rings. The van der Waals surface area contributed by atoms with Crippen LogP contribution in [0.3, 0.4) is 0 Å². The number of aliphatic hydroxyl groups is 1. The number of hydrogen-bond acceptors (Lipinski definition) is 6. The van der Waals surface area contributed by atoms with Gasteiger partial charge in [0.15, 0.2) is 0 Å². The Bertz CT molecular complexity index is 906. The van der Waals surface area contributed by atoms with E-state index in [1.54, 1.807) is 23.5 Å². The van der Waals surface area contributed by atoms with Crippen LogP contribution in [0.2, 0.25) is 0 Å². The van der Waals surface area contributed by atoms with Crippen LogP contribution in [-0.2, 0) is 16.0 Å². The van der Waals surface area contributed by atoms with Crippen LogP contribution in [0.4, 0.5) is 4.39 Å². The number of hydrogen-bond donors (Lipinski definition) is 1. The number of carbonyl (C=O) groups is 1. The highest BCUT2D eigenvalue weighted by molar-refractivity contribution is 7.10. The van der Waals surface area contributed by atoms with Gasteiger partial charge in [-0.1, -0.05) is 26.8 Å². The average molecular weight is 493 g/mol. The van der Waals surface area contributed by atoms with E-state index < -0.39 is 6.10 Å². The molecule has 0 saturated carbocycles. The molecule has 2 atom stereocenters. The summed E-state index contributed by atoms with van der Waals surface area (Å²) in [6, 6.07) is 7.90. The zero-order chi connectivity index (χ0) is 24.5. The zero-order valence-corrected chi connectivity index (χ0v) is 21.2. The molecule has 1 aromatic carbocycles. The first kappa shape index (κ1) is 26.6. The Labute approximate surface area is 206 Å². The molecular formula is C26H37FN2O4S. The summed E-state index contributed by atoms with van der Waals surface area (Å²) in [4.78, 5) is 18.6. The molecule has 1 N–H and O–H groups in total. The Kier molecular flexibility index (Phi) is 10.3. The Morgan fingerprint density at radius 1 is 1.32 bits per heavy atom. The Hall–Kier alpha value is -2.00. The smallest absolute Gasteiger partial charge is 0.237 e. The van der Waals surface area contributed by atoms with Crippen LogP contribution < -0.4 is 4.74 Å². The van der Waals surface area contributed by atoms with Crippen LogP contribution >= 0.6 is 11.3 Å². The quantitative estimate of drug-likeness (QED) is 0.455. The van der Waals surface area contributed by atoms with Gasteiger partial charge in [-0.05, 0) is 54.4 Å². The lowest BCUT2D eigenvalue weighted by molar-refractivity contribution is -0.136. The highest BCUT2D eigenvalue weighted by atomic mass is 32.1. The van der Waals surface area contributed by atoms with Gasteiger partial charge in [-0.15, -0.1) is 11.3 Å². The van der Waals surface area contributed by atoms with Gasteiger partial charge >= 0.3 is 0 Å². The van der Waals surface area contributed by atoms with Crippen LogP contribution in [0.5, 0.6) is 5.75 Å². The molecule has 188 valence electrons. The molecule has 1 aliphatic rings. The van der Waals surface area contributed by atoms with Gasteiger partial charge in [0.05, 0.1) is 25.3 Å². The molecule has 0 saturated heterocycles. The summed E-state index contributed by atoms with van der Waals surface area (Å²) >= 11 is 1.70. The van der Waals surface area contributed by atoms with Gasteiger partial charge in [0.1, 0.15) is 18.2 Å². The fraction of sp³-hybridized carbons (Fsp3) is 0.577. The first-order valence-electron chi connectivity index (χ1n) is 12.1. The molecule has 2 heterocycles. The molecule has 8 heteroatoms. The number of fused-ring (bicyclic) bond motifs is 1. The van der Waals surface area contributed by atoms with E-state index in [0.717, 1.165) is 24.9 Å². The van der Waals surface area contributed by atoms with E-state index in [4.69, 9.17) is 9.47 Å². The Morgan fingerprint density at radius 2 is 2.15 bits per heavy atom. The largest absolute Gasteiger partial charge is 0.491 e. The number of carbonyl (C=O) groups excluding carboxylic acids is 1. The number of rotatable bonds is 13. The predicted molar refractivity (Wildman–Crippen MR) is 133 cm³/mol. The lowest BCUT2D eigenvalue weighted by Crippen LogP contribution is -2.48. The minimum absolute atomic E-state index is 0.00782. The summed E-state index contributed by atoms with van der Waals surface area (Å²) in [5.41, 5.74) is 1.10. The van der Waals surface area contributed by atoms with Crippen molar-refractivity contribution in [1.29, 1.82) is 0 Å². The van der Waals surface area contributed by atoms with Gasteiger partial charge in [-0.3, -0.25) is 9.69 Å². The van der Waals surface area contributed by atoms with Gasteiger partial charge in [0.25, 0.3) is 0 Å². The van der Waals surface area contributed by atoms with Crippen molar-refractivity contribution in [2.24, 2.45) is 5.92 Å². The van der Waals surface area contributed by atoms with Gasteiger partial charge < -0.3 is 19.5 Å². The number of amides is 1. The Balaban J connectivity index is 1.65. The molecule has 0 aliphatic carbocycles. The first-order chi connectivity index (χ1) is 16.4. The summed E-state index contributed by atoms with van der Waals surface area (Å²) in [6.45, 7) is 9.28. The number of nitrogens with zero attached hydrogens (tertiary/aromatic N) is 2. The number of thiophene rings is 1. The molecule has 34 heavy (non-hydrogen) atoms. The third-order valence-corrected chi connectivity index (χ3v) is 6.74. The SMILES string of the molecule is CCCN(CC(=O)N1CCc2sccc2[C@H]1COc1cccc(F)c1)C[C@@H](O)COCC(C)C. The van der Waals surface area contributed by atoms with Crippen molar-refractivity contribution in [1.82, 2.24) is 9.80 Å². The van der Waals surface area contributed by atoms with Crippen LogP contribution in [-0.4, -0.2) is 72.9 Å². The molecule has 0 fully saturated rings. The average Bonchev–Trinajstić information content (AvgIpc) is 3.26. The number of aliphatic hydroxyl groups excluding tert-OH is 1. The van der Waals surface area contributed by atoms with E-state index in [1.165, 1.54) is 17.0 Å². The van der Waals surface area contributed by atoms with Crippen molar-refractivity contribution in [3.05, 3.63) is 52.0 Å². The lowest BCUT2D eigenvalue weighted by Gasteiger charge is -2.37. The molecule has 3 rings (SSSR count). The molecule has 0 bridgehead atoms. The first-order valence-corrected chi connectivity index (χ1v) is 13.0. The van der Waals surface area contributed by atoms with E-state index in [1.807, 2.05) is 15.2 Å². The normalized spacial score (nSPS) is 16.7. The maximum Gasteiger partial charge on any atom is 0.237 e. The third kappa shape index (κ3) is 7.77. The molecule has 1 aromatic heterocycles. The summed E-state index contributed by atoms with van der Waals surface area (Å²) in [5.74, 6) is 0.518. The number of benzene rings is 1. The summed E-state index contributed by atoms with van der Waals surface area (Å²) in [6.07, 6.45) is 1.05. The van der Waals surface area contributed by atoms with E-state index in [2.05, 4.69) is 26.8 Å². The second-order valence-corrected chi connectivity index (χ2v) is 10.2. The molecule has 0 radical (unpaired) electrons. The van der Waals surface area contributed by atoms with Crippen molar-refractivity contribution in [2.45, 2.75) is 45.8 Å². The summed E-state index contributed by atoms with van der Waals surface area (Å²) in [5, 5.41) is 12.5. The summed E-state index contributed by atoms with van der Waals surface area (Å²) < 4.78 is 25.1. The fourth-order valence-corrected chi connectivity index (χ4v) is 5.16. The highest BCUT2D eigenvalue weighted by Crippen LogP contribution is 2.34. The third-order valence-electron chi connectivity index (χ3n) is 5.75. The number of halogens is 1. The maximum atomic E-state index is 13.6. The second kappa shape index (κ2) is 13.2. The fourth-order valence-electron chi connectivity index (χ4n) is 4.23. The monoisotopic (exact) mass is 492 g/mol. The lowest BCUT2D eigenvalue weighted by atomic mass is 10.0.